The average molecular weight is 501 g/mol. The third kappa shape index (κ3) is 5.42. The molecule has 0 spiro atoms. The molecular formula is C31H24N4O3. The Morgan fingerprint density at radius 2 is 1.11 bits per heavy atom. The van der Waals surface area contributed by atoms with Gasteiger partial charge in [0.2, 0.25) is 0 Å². The Bertz CT molecular complexity index is 1590. The van der Waals surface area contributed by atoms with E-state index in [0.29, 0.717) is 39.5 Å². The van der Waals surface area contributed by atoms with Gasteiger partial charge in [0.15, 0.2) is 5.78 Å². The van der Waals surface area contributed by atoms with Gasteiger partial charge in [-0.25, -0.2) is 0 Å². The third-order valence-electron chi connectivity index (χ3n) is 6.04. The third-order valence-corrected chi connectivity index (χ3v) is 6.04. The number of amides is 2. The van der Waals surface area contributed by atoms with Crippen molar-refractivity contribution in [3.8, 4) is 11.3 Å². The summed E-state index contributed by atoms with van der Waals surface area (Å²) in [6.07, 6.45) is 0. The second-order valence-corrected chi connectivity index (χ2v) is 8.66. The molecule has 0 radical (unpaired) electrons. The van der Waals surface area contributed by atoms with Crippen LogP contribution in [0.5, 0.6) is 0 Å². The van der Waals surface area contributed by atoms with Crippen molar-refractivity contribution in [3.05, 3.63) is 138 Å². The van der Waals surface area contributed by atoms with E-state index in [2.05, 4.69) is 15.7 Å². The number of hydrogen-bond acceptors (Lipinski definition) is 4. The molecular weight excluding hydrogens is 476 g/mol. The molecule has 0 bridgehead atoms. The van der Waals surface area contributed by atoms with Gasteiger partial charge in [0.25, 0.3) is 11.8 Å². The van der Waals surface area contributed by atoms with Gasteiger partial charge in [-0.1, -0.05) is 72.8 Å². The van der Waals surface area contributed by atoms with Gasteiger partial charge in [0.05, 0.1) is 5.69 Å². The second-order valence-electron chi connectivity index (χ2n) is 8.66. The van der Waals surface area contributed by atoms with Gasteiger partial charge < -0.3 is 10.6 Å². The van der Waals surface area contributed by atoms with E-state index < -0.39 is 0 Å². The molecule has 186 valence electrons. The molecule has 2 N–H and O–H groups in total. The summed E-state index contributed by atoms with van der Waals surface area (Å²) in [6, 6.07) is 33.7. The smallest absolute Gasteiger partial charge is 0.256 e. The number of nitrogens with one attached hydrogen (secondary N) is 2. The maximum absolute atomic E-state index is 12.7. The first kappa shape index (κ1) is 24.4. The van der Waals surface area contributed by atoms with Crippen LogP contribution in [0.15, 0.2) is 115 Å². The summed E-state index contributed by atoms with van der Waals surface area (Å²) in [7, 11) is 1.76. The van der Waals surface area contributed by atoms with Crippen LogP contribution in [-0.2, 0) is 7.05 Å². The lowest BCUT2D eigenvalue weighted by atomic mass is 10.0. The van der Waals surface area contributed by atoms with E-state index in [-0.39, 0.29) is 17.6 Å². The molecule has 0 aliphatic heterocycles. The highest BCUT2D eigenvalue weighted by Gasteiger charge is 2.13. The minimum Gasteiger partial charge on any atom is -0.322 e. The van der Waals surface area contributed by atoms with E-state index in [1.807, 2.05) is 48.5 Å². The van der Waals surface area contributed by atoms with Gasteiger partial charge in [-0.15, -0.1) is 0 Å². The zero-order valence-corrected chi connectivity index (χ0v) is 20.6. The zero-order chi connectivity index (χ0) is 26.5. The predicted molar refractivity (Wildman–Crippen MR) is 147 cm³/mol. The number of ketones is 1. The largest absolute Gasteiger partial charge is 0.322 e. The Morgan fingerprint density at radius 1 is 0.605 bits per heavy atom. The summed E-state index contributed by atoms with van der Waals surface area (Å²) in [6.45, 7) is 0. The fraction of sp³-hybridized carbons (Fsp3) is 0.0323. The van der Waals surface area contributed by atoms with Crippen LogP contribution in [0.2, 0.25) is 0 Å². The lowest BCUT2D eigenvalue weighted by molar-refractivity contribution is 0.101. The molecule has 1 aromatic heterocycles. The molecule has 0 aliphatic rings. The Kier molecular flexibility index (Phi) is 6.91. The highest BCUT2D eigenvalue weighted by Crippen LogP contribution is 2.24. The van der Waals surface area contributed by atoms with Crippen molar-refractivity contribution in [2.75, 3.05) is 10.6 Å². The Morgan fingerprint density at radius 3 is 1.74 bits per heavy atom. The number of carbonyl (C=O) groups is 3. The summed E-state index contributed by atoms with van der Waals surface area (Å²) in [5.41, 5.74) is 4.27. The number of benzene rings is 4. The van der Waals surface area contributed by atoms with E-state index in [4.69, 9.17) is 0 Å². The maximum atomic E-state index is 12.7. The van der Waals surface area contributed by atoms with Crippen LogP contribution in [-0.4, -0.2) is 27.4 Å². The number of hydrogen-bond donors (Lipinski definition) is 2. The van der Waals surface area contributed by atoms with Crippen molar-refractivity contribution in [3.63, 3.8) is 0 Å². The monoisotopic (exact) mass is 500 g/mol. The molecule has 0 aliphatic carbocycles. The van der Waals surface area contributed by atoms with E-state index in [9.17, 15) is 14.4 Å². The standard InChI is InChI=1S/C31H24N4O3/c1-35-28(33-31(38)24-10-6-3-7-11-24)20-27(34-35)21-16-18-26(19-17-21)32-30(37)25-14-12-23(13-15-25)29(36)22-8-4-2-5-9-22/h2-20H,1H3,(H,32,37)(H,33,38). The first-order chi connectivity index (χ1) is 18.5. The van der Waals surface area contributed by atoms with Gasteiger partial charge >= 0.3 is 0 Å². The molecule has 5 aromatic rings. The molecule has 0 saturated heterocycles. The molecule has 4 aromatic carbocycles. The number of aromatic nitrogens is 2. The van der Waals surface area contributed by atoms with E-state index in [1.54, 1.807) is 78.5 Å². The van der Waals surface area contributed by atoms with Crippen molar-refractivity contribution in [2.24, 2.45) is 7.05 Å². The van der Waals surface area contributed by atoms with Crippen LogP contribution >= 0.6 is 0 Å². The zero-order valence-electron chi connectivity index (χ0n) is 20.6. The number of carbonyl (C=O) groups excluding carboxylic acids is 3. The summed E-state index contributed by atoms with van der Waals surface area (Å²) in [5.74, 6) is -0.0123. The van der Waals surface area contributed by atoms with Crippen LogP contribution in [0.4, 0.5) is 11.5 Å². The van der Waals surface area contributed by atoms with Crippen LogP contribution in [0.25, 0.3) is 11.3 Å². The van der Waals surface area contributed by atoms with Crippen LogP contribution in [0.1, 0.15) is 36.6 Å². The van der Waals surface area contributed by atoms with Crippen molar-refractivity contribution in [1.82, 2.24) is 9.78 Å². The topological polar surface area (TPSA) is 93.1 Å². The minimum atomic E-state index is -0.278. The quantitative estimate of drug-likeness (QED) is 0.275. The summed E-state index contributed by atoms with van der Waals surface area (Å²) < 4.78 is 1.61. The highest BCUT2D eigenvalue weighted by molar-refractivity contribution is 6.10. The molecule has 0 atom stereocenters. The number of anilines is 2. The van der Waals surface area contributed by atoms with Crippen LogP contribution < -0.4 is 10.6 Å². The molecule has 0 fully saturated rings. The normalized spacial score (nSPS) is 10.6. The van der Waals surface area contributed by atoms with Crippen molar-refractivity contribution in [1.29, 1.82) is 0 Å². The molecule has 0 unspecified atom stereocenters. The SMILES string of the molecule is Cn1nc(-c2ccc(NC(=O)c3ccc(C(=O)c4ccccc4)cc3)cc2)cc1NC(=O)c1ccccc1. The Labute approximate surface area is 219 Å². The molecule has 7 heteroatoms. The Balaban J connectivity index is 1.23. The molecule has 0 saturated carbocycles. The fourth-order valence-corrected chi connectivity index (χ4v) is 3.96. The van der Waals surface area contributed by atoms with E-state index >= 15 is 0 Å². The van der Waals surface area contributed by atoms with Crippen LogP contribution in [0.3, 0.4) is 0 Å². The lowest BCUT2D eigenvalue weighted by Gasteiger charge is -2.07. The van der Waals surface area contributed by atoms with Crippen molar-refractivity contribution in [2.45, 2.75) is 0 Å². The van der Waals surface area contributed by atoms with Crippen molar-refractivity contribution >= 4 is 29.1 Å². The van der Waals surface area contributed by atoms with Gasteiger partial charge in [-0.3, -0.25) is 19.1 Å². The minimum absolute atomic E-state index is 0.0922. The van der Waals surface area contributed by atoms with Gasteiger partial charge in [-0.05, 0) is 36.4 Å². The predicted octanol–water partition coefficient (Wildman–Crippen LogP) is 5.82. The average Bonchev–Trinajstić information content (AvgIpc) is 3.33. The molecule has 38 heavy (non-hydrogen) atoms. The number of nitrogens with zero attached hydrogens (tertiary/aromatic N) is 2. The van der Waals surface area contributed by atoms with Crippen LogP contribution in [0, 0.1) is 0 Å². The molecule has 1 heterocycles. The van der Waals surface area contributed by atoms with Crippen molar-refractivity contribution < 1.29 is 14.4 Å². The maximum Gasteiger partial charge on any atom is 0.256 e. The number of aryl methyl sites for hydroxylation is 1. The van der Waals surface area contributed by atoms with Gasteiger partial charge in [0, 0.05) is 46.6 Å². The fourth-order valence-electron chi connectivity index (χ4n) is 3.96. The van der Waals surface area contributed by atoms with E-state index in [1.165, 1.54) is 0 Å². The molecule has 2 amide bonds. The summed E-state index contributed by atoms with van der Waals surface area (Å²) in [4.78, 5) is 37.8. The van der Waals surface area contributed by atoms with Gasteiger partial charge in [0.1, 0.15) is 5.82 Å². The Hall–Kier alpha value is -5.30. The van der Waals surface area contributed by atoms with E-state index in [0.717, 1.165) is 5.56 Å². The lowest BCUT2D eigenvalue weighted by Crippen LogP contribution is -2.14. The molecule has 7 nitrogen and oxygen atoms in total. The highest BCUT2D eigenvalue weighted by atomic mass is 16.2. The first-order valence-electron chi connectivity index (χ1n) is 12.0. The second kappa shape index (κ2) is 10.8. The summed E-state index contributed by atoms with van der Waals surface area (Å²) >= 11 is 0. The van der Waals surface area contributed by atoms with Gasteiger partial charge in [-0.2, -0.15) is 5.10 Å². The first-order valence-corrected chi connectivity index (χ1v) is 12.0. The number of rotatable bonds is 7. The summed E-state index contributed by atoms with van der Waals surface area (Å²) in [5, 5.41) is 10.2. The molecule has 5 rings (SSSR count).